The van der Waals surface area contributed by atoms with Crippen molar-refractivity contribution in [1.82, 2.24) is 0 Å². The lowest BCUT2D eigenvalue weighted by molar-refractivity contribution is -0.145. The molecule has 2 aromatic rings. The van der Waals surface area contributed by atoms with Crippen LogP contribution in [-0.4, -0.2) is 11.1 Å². The predicted octanol–water partition coefficient (Wildman–Crippen LogP) is 4.78. The molecule has 1 N–H and O–H groups in total. The van der Waals surface area contributed by atoms with Gasteiger partial charge in [0.25, 0.3) is 0 Å². The number of hydrogen-bond acceptors (Lipinski definition) is 2. The van der Waals surface area contributed by atoms with Crippen molar-refractivity contribution in [2.24, 2.45) is 0 Å². The molecule has 0 aliphatic rings. The second kappa shape index (κ2) is 6.76. The van der Waals surface area contributed by atoms with Crippen LogP contribution in [-0.2, 0) is 4.79 Å². The summed E-state index contributed by atoms with van der Waals surface area (Å²) in [5.41, 5.74) is 1.78. The zero-order valence-electron chi connectivity index (χ0n) is 11.9. The molecule has 0 spiro atoms. The summed E-state index contributed by atoms with van der Waals surface area (Å²) in [6, 6.07) is 14.6. The fraction of sp³-hybridized carbons (Fsp3) is 0.235. The minimum atomic E-state index is -1.02. The van der Waals surface area contributed by atoms with Gasteiger partial charge in [-0.15, -0.1) is 0 Å². The fourth-order valence-electron chi connectivity index (χ4n) is 1.99. The second-order valence-corrected chi connectivity index (χ2v) is 5.95. The van der Waals surface area contributed by atoms with E-state index in [0.29, 0.717) is 17.2 Å². The smallest absolute Gasteiger partial charge is 0.349 e. The molecule has 0 amide bonds. The Bertz CT molecular complexity index is 623. The zero-order valence-corrected chi connectivity index (χ0v) is 13.5. The Labute approximate surface area is 132 Å². The van der Waals surface area contributed by atoms with Crippen molar-refractivity contribution in [3.8, 4) is 5.75 Å². The molecule has 0 heterocycles. The maximum atomic E-state index is 11.5. The number of hydrogen-bond donors (Lipinski definition) is 1. The van der Waals surface area contributed by atoms with Gasteiger partial charge in [0.05, 0.1) is 4.47 Å². The van der Waals surface area contributed by atoms with E-state index < -0.39 is 12.1 Å². The Morgan fingerprint density at radius 3 is 2.29 bits per heavy atom. The van der Waals surface area contributed by atoms with Gasteiger partial charge < -0.3 is 9.84 Å². The fourth-order valence-corrected chi connectivity index (χ4v) is 2.48. The molecule has 21 heavy (non-hydrogen) atoms. The monoisotopic (exact) mass is 348 g/mol. The van der Waals surface area contributed by atoms with Crippen molar-refractivity contribution >= 4 is 21.9 Å². The highest BCUT2D eigenvalue weighted by molar-refractivity contribution is 9.10. The molecule has 0 aliphatic carbocycles. The summed E-state index contributed by atoms with van der Waals surface area (Å²) in [7, 11) is 0. The van der Waals surface area contributed by atoms with Gasteiger partial charge in [-0.1, -0.05) is 50.2 Å². The van der Waals surface area contributed by atoms with Crippen molar-refractivity contribution in [3.05, 3.63) is 64.1 Å². The summed E-state index contributed by atoms with van der Waals surface area (Å²) in [5.74, 6) is -0.0866. The molecular formula is C17H17BrO3. The number of ether oxygens (including phenoxy) is 1. The molecule has 0 aromatic heterocycles. The summed E-state index contributed by atoms with van der Waals surface area (Å²) in [5, 5.41) is 9.38. The standard InChI is InChI=1S/C17H17BrO3/c1-11(2)13-8-9-15(14(18)10-13)21-16(17(19)20)12-6-4-3-5-7-12/h3-11,16H,1-2H3,(H,19,20). The van der Waals surface area contributed by atoms with Gasteiger partial charge in [-0.25, -0.2) is 4.79 Å². The van der Waals surface area contributed by atoms with Gasteiger partial charge >= 0.3 is 5.97 Å². The van der Waals surface area contributed by atoms with E-state index in [-0.39, 0.29) is 0 Å². The van der Waals surface area contributed by atoms with Gasteiger partial charge in [-0.05, 0) is 39.5 Å². The molecule has 2 rings (SSSR count). The van der Waals surface area contributed by atoms with Gasteiger partial charge in [0.15, 0.2) is 0 Å². The third-order valence-corrected chi connectivity index (χ3v) is 3.81. The molecule has 0 bridgehead atoms. The third-order valence-electron chi connectivity index (χ3n) is 3.19. The Morgan fingerprint density at radius 2 is 1.76 bits per heavy atom. The van der Waals surface area contributed by atoms with Crippen molar-refractivity contribution in [1.29, 1.82) is 0 Å². The largest absolute Gasteiger partial charge is 0.478 e. The van der Waals surface area contributed by atoms with Crippen LogP contribution in [0.3, 0.4) is 0 Å². The number of aliphatic carboxylic acids is 1. The average Bonchev–Trinajstić information content (AvgIpc) is 2.46. The first kappa shape index (κ1) is 15.6. The Hall–Kier alpha value is -1.81. The maximum Gasteiger partial charge on any atom is 0.349 e. The Morgan fingerprint density at radius 1 is 1.10 bits per heavy atom. The highest BCUT2D eigenvalue weighted by Gasteiger charge is 2.22. The summed E-state index contributed by atoms with van der Waals surface area (Å²) in [4.78, 5) is 11.5. The molecule has 0 radical (unpaired) electrons. The lowest BCUT2D eigenvalue weighted by Gasteiger charge is -2.17. The van der Waals surface area contributed by atoms with E-state index in [2.05, 4.69) is 29.8 Å². The van der Waals surface area contributed by atoms with Gasteiger partial charge in [0.1, 0.15) is 5.75 Å². The minimum Gasteiger partial charge on any atom is -0.478 e. The molecule has 1 unspecified atom stereocenters. The van der Waals surface area contributed by atoms with Gasteiger partial charge in [0, 0.05) is 5.56 Å². The lowest BCUT2D eigenvalue weighted by atomic mass is 10.0. The SMILES string of the molecule is CC(C)c1ccc(OC(C(=O)O)c2ccccc2)c(Br)c1. The van der Waals surface area contributed by atoms with Crippen LogP contribution in [0, 0.1) is 0 Å². The first-order valence-corrected chi connectivity index (χ1v) is 7.52. The van der Waals surface area contributed by atoms with Crippen molar-refractivity contribution in [2.45, 2.75) is 25.9 Å². The second-order valence-electron chi connectivity index (χ2n) is 5.09. The van der Waals surface area contributed by atoms with Crippen LogP contribution in [0.5, 0.6) is 5.75 Å². The number of rotatable bonds is 5. The third kappa shape index (κ3) is 3.85. The molecule has 3 nitrogen and oxygen atoms in total. The van der Waals surface area contributed by atoms with Crippen LogP contribution >= 0.6 is 15.9 Å². The zero-order chi connectivity index (χ0) is 15.4. The van der Waals surface area contributed by atoms with Gasteiger partial charge in [-0.3, -0.25) is 0 Å². The first-order chi connectivity index (χ1) is 9.99. The van der Waals surface area contributed by atoms with E-state index in [0.717, 1.165) is 4.47 Å². The Balaban J connectivity index is 2.28. The number of carboxylic acids is 1. The van der Waals surface area contributed by atoms with E-state index in [1.165, 1.54) is 5.56 Å². The lowest BCUT2D eigenvalue weighted by Crippen LogP contribution is -2.18. The highest BCUT2D eigenvalue weighted by atomic mass is 79.9. The quantitative estimate of drug-likeness (QED) is 0.845. The molecule has 1 atom stereocenters. The van der Waals surface area contributed by atoms with E-state index in [1.54, 1.807) is 30.3 Å². The Kier molecular flexibility index (Phi) is 5.02. The highest BCUT2D eigenvalue weighted by Crippen LogP contribution is 2.32. The first-order valence-electron chi connectivity index (χ1n) is 6.73. The number of carbonyl (C=O) groups is 1. The average molecular weight is 349 g/mol. The number of halogens is 1. The van der Waals surface area contributed by atoms with Crippen LogP contribution in [0.25, 0.3) is 0 Å². The molecular weight excluding hydrogens is 332 g/mol. The van der Waals surface area contributed by atoms with Crippen LogP contribution in [0.15, 0.2) is 53.0 Å². The van der Waals surface area contributed by atoms with Crippen LogP contribution in [0.2, 0.25) is 0 Å². The molecule has 2 aromatic carbocycles. The molecule has 110 valence electrons. The summed E-state index contributed by atoms with van der Waals surface area (Å²) >= 11 is 3.45. The topological polar surface area (TPSA) is 46.5 Å². The van der Waals surface area contributed by atoms with Crippen molar-refractivity contribution in [3.63, 3.8) is 0 Å². The predicted molar refractivity (Wildman–Crippen MR) is 85.7 cm³/mol. The van der Waals surface area contributed by atoms with Gasteiger partial charge in [-0.2, -0.15) is 0 Å². The molecule has 0 saturated carbocycles. The van der Waals surface area contributed by atoms with E-state index in [4.69, 9.17) is 4.74 Å². The van der Waals surface area contributed by atoms with E-state index in [1.807, 2.05) is 18.2 Å². The van der Waals surface area contributed by atoms with Crippen LogP contribution in [0.1, 0.15) is 37.0 Å². The molecule has 0 fully saturated rings. The molecule has 4 heteroatoms. The van der Waals surface area contributed by atoms with Crippen LogP contribution < -0.4 is 4.74 Å². The normalized spacial score (nSPS) is 12.2. The number of benzene rings is 2. The summed E-state index contributed by atoms with van der Waals surface area (Å²) in [6.45, 7) is 4.21. The summed E-state index contributed by atoms with van der Waals surface area (Å²) < 4.78 is 6.44. The van der Waals surface area contributed by atoms with E-state index in [9.17, 15) is 9.90 Å². The molecule has 0 saturated heterocycles. The van der Waals surface area contributed by atoms with Crippen LogP contribution in [0.4, 0.5) is 0 Å². The number of carboxylic acid groups (broad SMARTS) is 1. The maximum absolute atomic E-state index is 11.5. The minimum absolute atomic E-state index is 0.403. The van der Waals surface area contributed by atoms with Crippen molar-refractivity contribution in [2.75, 3.05) is 0 Å². The molecule has 0 aliphatic heterocycles. The van der Waals surface area contributed by atoms with Crippen molar-refractivity contribution < 1.29 is 14.6 Å². The van der Waals surface area contributed by atoms with E-state index >= 15 is 0 Å². The summed E-state index contributed by atoms with van der Waals surface area (Å²) in [6.07, 6.45) is -1.02. The van der Waals surface area contributed by atoms with Gasteiger partial charge in [0.2, 0.25) is 6.10 Å².